The fourth-order valence-electron chi connectivity index (χ4n) is 1.48. The molecule has 0 saturated heterocycles. The number of halogens is 1. The number of hydrogen-bond donors (Lipinski definition) is 4. The average Bonchev–Trinajstić information content (AvgIpc) is 2.26. The van der Waals surface area contributed by atoms with Crippen LogP contribution in [0.4, 0.5) is 17.1 Å². The van der Waals surface area contributed by atoms with E-state index in [1.54, 1.807) is 0 Å². The van der Waals surface area contributed by atoms with E-state index in [4.69, 9.17) is 5.73 Å². The Kier molecular flexibility index (Phi) is 5.89. The first kappa shape index (κ1) is 13.9. The van der Waals surface area contributed by atoms with Gasteiger partial charge in [-0.2, -0.15) is 0 Å². The summed E-state index contributed by atoms with van der Waals surface area (Å²) in [7, 11) is 5.69. The first-order chi connectivity index (χ1) is 6.76. The molecule has 0 saturated carbocycles. The van der Waals surface area contributed by atoms with Gasteiger partial charge in [-0.25, -0.2) is 0 Å². The van der Waals surface area contributed by atoms with E-state index >= 15 is 0 Å². The lowest BCUT2D eigenvalue weighted by Crippen LogP contribution is -2.07. The maximum absolute atomic E-state index is 5.69. The van der Waals surface area contributed by atoms with Crippen LogP contribution in [0, 0.1) is 0 Å². The predicted molar refractivity (Wildman–Crippen MR) is 70.2 cm³/mol. The largest absolute Gasteiger partial charge is 0.388 e. The first-order valence-corrected chi connectivity index (χ1v) is 4.67. The second-order valence-electron chi connectivity index (χ2n) is 3.00. The lowest BCUT2D eigenvalue weighted by molar-refractivity contribution is 1.07. The molecule has 1 aromatic rings. The third-order valence-corrected chi connectivity index (χ3v) is 2.28. The molecule has 1 aromatic carbocycles. The van der Waals surface area contributed by atoms with Gasteiger partial charge in [0, 0.05) is 50.3 Å². The van der Waals surface area contributed by atoms with E-state index in [-0.39, 0.29) is 12.4 Å². The molecule has 4 nitrogen and oxygen atoms in total. The molecule has 0 atom stereocenters. The van der Waals surface area contributed by atoms with Gasteiger partial charge in [0.25, 0.3) is 0 Å². The second-order valence-corrected chi connectivity index (χ2v) is 3.00. The van der Waals surface area contributed by atoms with Gasteiger partial charge in [-0.3, -0.25) is 0 Å². The first-order valence-electron chi connectivity index (χ1n) is 4.67. The Balaban J connectivity index is 0.00000196. The van der Waals surface area contributed by atoms with E-state index in [9.17, 15) is 0 Å². The van der Waals surface area contributed by atoms with Crippen LogP contribution < -0.4 is 21.7 Å². The molecule has 15 heavy (non-hydrogen) atoms. The van der Waals surface area contributed by atoms with Crippen molar-refractivity contribution in [1.29, 1.82) is 0 Å². The van der Waals surface area contributed by atoms with Gasteiger partial charge in [0.05, 0.1) is 0 Å². The Hall–Kier alpha value is -1.13. The van der Waals surface area contributed by atoms with Crippen molar-refractivity contribution in [1.82, 2.24) is 0 Å². The quantitative estimate of drug-likeness (QED) is 0.636. The summed E-state index contributed by atoms with van der Waals surface area (Å²) in [5.41, 5.74) is 9.98. The van der Waals surface area contributed by atoms with E-state index in [0.717, 1.165) is 22.6 Å². The van der Waals surface area contributed by atoms with Crippen molar-refractivity contribution in [3.8, 4) is 0 Å². The zero-order valence-electron chi connectivity index (χ0n) is 9.35. The monoisotopic (exact) mass is 230 g/mol. The van der Waals surface area contributed by atoms with E-state index in [1.807, 2.05) is 33.3 Å². The van der Waals surface area contributed by atoms with Crippen molar-refractivity contribution in [3.05, 3.63) is 17.7 Å². The van der Waals surface area contributed by atoms with Crippen LogP contribution in [-0.4, -0.2) is 21.1 Å². The molecule has 0 heterocycles. The van der Waals surface area contributed by atoms with Crippen molar-refractivity contribution in [3.63, 3.8) is 0 Å². The summed E-state index contributed by atoms with van der Waals surface area (Å²) in [6.45, 7) is 0.524. The van der Waals surface area contributed by atoms with Crippen LogP contribution in [-0.2, 0) is 6.54 Å². The summed E-state index contributed by atoms with van der Waals surface area (Å²) < 4.78 is 0. The van der Waals surface area contributed by atoms with Crippen molar-refractivity contribution >= 4 is 29.5 Å². The SMILES string of the molecule is CNc1cc(NC)c(CN)c(NC)c1.Cl. The summed E-state index contributed by atoms with van der Waals surface area (Å²) in [5, 5.41) is 9.38. The molecule has 0 spiro atoms. The minimum Gasteiger partial charge on any atom is -0.388 e. The highest BCUT2D eigenvalue weighted by Gasteiger charge is 2.06. The van der Waals surface area contributed by atoms with Crippen molar-refractivity contribution in [2.24, 2.45) is 5.73 Å². The minimum atomic E-state index is 0. The van der Waals surface area contributed by atoms with Gasteiger partial charge in [0.2, 0.25) is 0 Å². The molecule has 0 aliphatic carbocycles. The zero-order chi connectivity index (χ0) is 10.6. The van der Waals surface area contributed by atoms with Crippen LogP contribution in [0.15, 0.2) is 12.1 Å². The number of benzene rings is 1. The summed E-state index contributed by atoms with van der Waals surface area (Å²) in [6, 6.07) is 4.09. The molecule has 1 rings (SSSR count). The third kappa shape index (κ3) is 2.91. The molecule has 86 valence electrons. The van der Waals surface area contributed by atoms with Crippen LogP contribution in [0.2, 0.25) is 0 Å². The fraction of sp³-hybridized carbons (Fsp3) is 0.400. The van der Waals surface area contributed by atoms with Crippen molar-refractivity contribution < 1.29 is 0 Å². The minimum absolute atomic E-state index is 0. The smallest absolute Gasteiger partial charge is 0.0424 e. The topological polar surface area (TPSA) is 62.1 Å². The maximum Gasteiger partial charge on any atom is 0.0424 e. The van der Waals surface area contributed by atoms with Gasteiger partial charge in [-0.15, -0.1) is 12.4 Å². The van der Waals surface area contributed by atoms with Crippen molar-refractivity contribution in [2.45, 2.75) is 6.54 Å². The van der Waals surface area contributed by atoms with Crippen LogP contribution in [0.3, 0.4) is 0 Å². The van der Waals surface area contributed by atoms with Gasteiger partial charge < -0.3 is 21.7 Å². The highest BCUT2D eigenvalue weighted by atomic mass is 35.5. The number of rotatable bonds is 4. The van der Waals surface area contributed by atoms with Crippen LogP contribution in [0.1, 0.15) is 5.56 Å². The van der Waals surface area contributed by atoms with Gasteiger partial charge in [0.1, 0.15) is 0 Å². The van der Waals surface area contributed by atoms with Gasteiger partial charge in [-0.1, -0.05) is 0 Å². The highest BCUT2D eigenvalue weighted by Crippen LogP contribution is 2.28. The van der Waals surface area contributed by atoms with Gasteiger partial charge in [0.15, 0.2) is 0 Å². The molecule has 0 aromatic heterocycles. The molecule has 0 bridgehead atoms. The summed E-state index contributed by atoms with van der Waals surface area (Å²) in [5.74, 6) is 0. The normalized spacial score (nSPS) is 9.07. The predicted octanol–water partition coefficient (Wildman–Crippen LogP) is 1.69. The lowest BCUT2D eigenvalue weighted by atomic mass is 10.1. The molecule has 0 radical (unpaired) electrons. The molecule has 0 fully saturated rings. The molecule has 0 aliphatic rings. The molecule has 5 heteroatoms. The number of hydrogen-bond acceptors (Lipinski definition) is 4. The molecule has 0 amide bonds. The average molecular weight is 231 g/mol. The van der Waals surface area contributed by atoms with Crippen LogP contribution in [0.5, 0.6) is 0 Å². The van der Waals surface area contributed by atoms with E-state index in [1.165, 1.54) is 0 Å². The summed E-state index contributed by atoms with van der Waals surface area (Å²) in [4.78, 5) is 0. The molecule has 5 N–H and O–H groups in total. The lowest BCUT2D eigenvalue weighted by Gasteiger charge is -2.15. The fourth-order valence-corrected chi connectivity index (χ4v) is 1.48. The third-order valence-electron chi connectivity index (χ3n) is 2.28. The molecular weight excluding hydrogens is 212 g/mol. The number of nitrogens with two attached hydrogens (primary N) is 1. The van der Waals surface area contributed by atoms with E-state index in [2.05, 4.69) is 16.0 Å². The Morgan fingerprint density at radius 2 is 1.47 bits per heavy atom. The molecular formula is C10H19ClN4. The second kappa shape index (κ2) is 6.37. The Morgan fingerprint density at radius 3 is 1.73 bits per heavy atom. The van der Waals surface area contributed by atoms with E-state index in [0.29, 0.717) is 6.54 Å². The number of nitrogens with one attached hydrogen (secondary N) is 3. The summed E-state index contributed by atoms with van der Waals surface area (Å²) in [6.07, 6.45) is 0. The van der Waals surface area contributed by atoms with E-state index < -0.39 is 0 Å². The summed E-state index contributed by atoms with van der Waals surface area (Å²) >= 11 is 0. The Morgan fingerprint density at radius 1 is 1.00 bits per heavy atom. The maximum atomic E-state index is 5.69. The van der Waals surface area contributed by atoms with Crippen molar-refractivity contribution in [2.75, 3.05) is 37.1 Å². The Bertz CT molecular complexity index is 289. The van der Waals surface area contributed by atoms with Crippen LogP contribution in [0.25, 0.3) is 0 Å². The molecule has 0 aliphatic heterocycles. The zero-order valence-corrected chi connectivity index (χ0v) is 10.2. The van der Waals surface area contributed by atoms with Gasteiger partial charge >= 0.3 is 0 Å². The number of anilines is 3. The van der Waals surface area contributed by atoms with Crippen LogP contribution >= 0.6 is 12.4 Å². The van der Waals surface area contributed by atoms with Gasteiger partial charge in [-0.05, 0) is 12.1 Å². The Labute approximate surface area is 97.0 Å². The standard InChI is InChI=1S/C10H18N4.ClH/c1-12-7-4-9(13-2)8(6-11)10(5-7)14-3;/h4-5,12-14H,6,11H2,1-3H3;1H. The molecule has 0 unspecified atom stereocenters. The highest BCUT2D eigenvalue weighted by molar-refractivity contribution is 5.85.